The van der Waals surface area contributed by atoms with E-state index in [1.165, 1.54) is 64.0 Å². The third-order valence-electron chi connectivity index (χ3n) is 3.33. The maximum atomic E-state index is 10.3. The first-order chi connectivity index (χ1) is 12.7. The Hall–Kier alpha value is 0.390. The first kappa shape index (κ1) is 35.8. The smallest absolute Gasteiger partial charge is 0.849 e. The molecule has 13 heteroatoms. The minimum Gasteiger partial charge on any atom is -0.849 e. The summed E-state index contributed by atoms with van der Waals surface area (Å²) in [5, 5.41) is 30.8. The van der Waals surface area contributed by atoms with Gasteiger partial charge in [-0.1, -0.05) is 19.8 Å². The Balaban J connectivity index is -0.000000152. The molecule has 28 heavy (non-hydrogen) atoms. The van der Waals surface area contributed by atoms with Gasteiger partial charge in [-0.05, 0) is 0 Å². The van der Waals surface area contributed by atoms with Gasteiger partial charge in [0.1, 0.15) is 0 Å². The predicted octanol–water partition coefficient (Wildman–Crippen LogP) is -3.56. The Labute approximate surface area is 185 Å². The van der Waals surface area contributed by atoms with Gasteiger partial charge in [0, 0.05) is 64.0 Å². The van der Waals surface area contributed by atoms with Crippen LogP contribution in [0.25, 0.3) is 0 Å². The van der Waals surface area contributed by atoms with E-state index in [9.17, 15) is 15.3 Å². The zero-order chi connectivity index (χ0) is 22.0. The number of ether oxygens (including phenoxy) is 9. The molecule has 0 rings (SSSR count). The van der Waals surface area contributed by atoms with E-state index in [0.29, 0.717) is 0 Å². The average molecular weight is 520 g/mol. The minimum absolute atomic E-state index is 0. The summed E-state index contributed by atoms with van der Waals surface area (Å²) in [5.41, 5.74) is 0. The van der Waals surface area contributed by atoms with Crippen molar-refractivity contribution in [1.29, 1.82) is 0 Å². The largest absolute Gasteiger partial charge is 3.00 e. The van der Waals surface area contributed by atoms with Gasteiger partial charge in [0.15, 0.2) is 0 Å². The van der Waals surface area contributed by atoms with E-state index in [0.717, 1.165) is 0 Å². The summed E-state index contributed by atoms with van der Waals surface area (Å²) < 4.78 is 41.7. The van der Waals surface area contributed by atoms with Gasteiger partial charge in [-0.25, -0.2) is 0 Å². The Morgan fingerprint density at radius 1 is 0.393 bits per heavy atom. The average Bonchev–Trinajstić information content (AvgIpc) is 2.75. The van der Waals surface area contributed by atoms with Crippen LogP contribution in [-0.4, -0.2) is 128 Å². The molecule has 12 nitrogen and oxygen atoms in total. The van der Waals surface area contributed by atoms with Crippen LogP contribution in [0.1, 0.15) is 0 Å². The third-order valence-corrected chi connectivity index (χ3v) is 3.33. The van der Waals surface area contributed by atoms with Crippen LogP contribution < -0.4 is 15.3 Å². The molecule has 168 valence electrons. The number of hydrogen-bond donors (Lipinski definition) is 0. The van der Waals surface area contributed by atoms with E-state index in [1.807, 2.05) is 0 Å². The van der Waals surface area contributed by atoms with E-state index in [1.54, 1.807) is 0 Å². The van der Waals surface area contributed by atoms with Crippen LogP contribution >= 0.6 is 0 Å². The van der Waals surface area contributed by atoms with E-state index in [2.05, 4.69) is 42.6 Å². The van der Waals surface area contributed by atoms with Crippen molar-refractivity contribution < 1.29 is 58.0 Å². The maximum Gasteiger partial charge on any atom is 3.00 e. The van der Waals surface area contributed by atoms with Crippen LogP contribution in [0.15, 0.2) is 0 Å². The zero-order valence-corrected chi connectivity index (χ0v) is 21.4. The van der Waals surface area contributed by atoms with Gasteiger partial charge in [-0.15, -0.1) is 0 Å². The number of rotatable bonds is 12. The van der Waals surface area contributed by atoms with Crippen LogP contribution in [0.5, 0.6) is 0 Å². The molecule has 0 aromatic heterocycles. The Bertz CT molecular complexity index is 209. The molecule has 0 unspecified atom stereocenters. The fourth-order valence-electron chi connectivity index (χ4n) is 1.28. The molecule has 0 amide bonds. The summed E-state index contributed by atoms with van der Waals surface area (Å²) in [6.07, 6.45) is 0. The van der Waals surface area contributed by atoms with Crippen molar-refractivity contribution in [2.24, 2.45) is 0 Å². The van der Waals surface area contributed by atoms with Crippen LogP contribution in [0.4, 0.5) is 0 Å². The normalized spacial score (nSPS) is 11.6. The van der Waals surface area contributed by atoms with Gasteiger partial charge in [-0.2, -0.15) is 0 Å². The summed E-state index contributed by atoms with van der Waals surface area (Å²) in [6.45, 7) is -1.72. The van der Waals surface area contributed by atoms with Gasteiger partial charge in [0.25, 0.3) is 17.9 Å². The molecule has 0 heterocycles. The van der Waals surface area contributed by atoms with Crippen LogP contribution in [0.2, 0.25) is 0 Å². The third kappa shape index (κ3) is 12.8. The molecule has 0 aromatic rings. The van der Waals surface area contributed by atoms with E-state index in [-0.39, 0.29) is 25.8 Å². The SMILES string of the molecule is COC(C[O-])(OC)OC.COC(C[O-])(OC)OC.COC(C[O-])(OC)OC.[In+3]. The minimum atomic E-state index is -1.39. The Morgan fingerprint density at radius 3 is 0.500 bits per heavy atom. The van der Waals surface area contributed by atoms with E-state index < -0.39 is 37.7 Å². The van der Waals surface area contributed by atoms with Crippen molar-refractivity contribution in [2.45, 2.75) is 17.9 Å². The molecule has 0 saturated heterocycles. The van der Waals surface area contributed by atoms with Gasteiger partial charge < -0.3 is 58.0 Å². The Kier molecular flexibility index (Phi) is 26.4. The summed E-state index contributed by atoms with van der Waals surface area (Å²) >= 11 is 0. The van der Waals surface area contributed by atoms with E-state index >= 15 is 0 Å². The topological polar surface area (TPSA) is 152 Å². The second-order valence-corrected chi connectivity index (χ2v) is 4.32. The Morgan fingerprint density at radius 2 is 0.500 bits per heavy atom. The number of hydrogen-bond acceptors (Lipinski definition) is 12. The van der Waals surface area contributed by atoms with Gasteiger partial charge in [0.05, 0.1) is 0 Å². The molecular formula is C15H33InO12. The fourth-order valence-corrected chi connectivity index (χ4v) is 1.28. The van der Waals surface area contributed by atoms with E-state index in [4.69, 9.17) is 0 Å². The van der Waals surface area contributed by atoms with Crippen molar-refractivity contribution in [3.05, 3.63) is 0 Å². The summed E-state index contributed by atoms with van der Waals surface area (Å²) in [7, 11) is 12.2. The quantitative estimate of drug-likeness (QED) is 0.234. The molecule has 0 radical (unpaired) electrons. The van der Waals surface area contributed by atoms with Crippen molar-refractivity contribution in [2.75, 3.05) is 83.8 Å². The predicted molar refractivity (Wildman–Crippen MR) is 91.6 cm³/mol. The first-order valence-corrected chi connectivity index (χ1v) is 7.44. The van der Waals surface area contributed by atoms with Gasteiger partial charge in [0.2, 0.25) is 0 Å². The second kappa shape index (κ2) is 20.7. The molecule has 0 aromatic carbocycles. The fraction of sp³-hybridized carbons (Fsp3) is 1.00. The van der Waals surface area contributed by atoms with Crippen LogP contribution in [0, 0.1) is 0 Å². The van der Waals surface area contributed by atoms with Crippen molar-refractivity contribution >= 4 is 25.8 Å². The molecule has 0 aliphatic heterocycles. The molecule has 0 saturated carbocycles. The van der Waals surface area contributed by atoms with Crippen LogP contribution in [-0.2, 0) is 42.6 Å². The van der Waals surface area contributed by atoms with Crippen LogP contribution in [0.3, 0.4) is 0 Å². The van der Waals surface area contributed by atoms with Crippen molar-refractivity contribution in [3.8, 4) is 0 Å². The standard InChI is InChI=1S/3C5H11O4.In/c3*1-7-5(4-6,8-2)9-3;/h3*4H2,1-3H3;/q3*-1;+3. The van der Waals surface area contributed by atoms with Crippen molar-refractivity contribution in [1.82, 2.24) is 0 Å². The van der Waals surface area contributed by atoms with Gasteiger partial charge >= 0.3 is 25.8 Å². The monoisotopic (exact) mass is 520 g/mol. The molecule has 0 aliphatic rings. The molecule has 0 N–H and O–H groups in total. The molecule has 0 aliphatic carbocycles. The van der Waals surface area contributed by atoms with Crippen molar-refractivity contribution in [3.63, 3.8) is 0 Å². The summed E-state index contributed by atoms with van der Waals surface area (Å²) in [4.78, 5) is 0. The summed E-state index contributed by atoms with van der Waals surface area (Å²) in [5.74, 6) is -4.17. The maximum absolute atomic E-state index is 10.3. The molecule has 0 atom stereocenters. The molecule has 0 bridgehead atoms. The molecular weight excluding hydrogens is 487 g/mol. The number of methoxy groups -OCH3 is 9. The second-order valence-electron chi connectivity index (χ2n) is 4.32. The molecule has 0 spiro atoms. The zero-order valence-electron chi connectivity index (χ0n) is 18.1. The summed E-state index contributed by atoms with van der Waals surface area (Å²) in [6, 6.07) is 0. The first-order valence-electron chi connectivity index (χ1n) is 7.44. The van der Waals surface area contributed by atoms with Gasteiger partial charge in [-0.3, -0.25) is 0 Å². The molecule has 0 fully saturated rings.